The fraction of sp³-hybridized carbons (Fsp3) is 0. The van der Waals surface area contributed by atoms with Crippen molar-refractivity contribution >= 4 is 52.1 Å². The molecule has 1 amide bonds. The highest BCUT2D eigenvalue weighted by Gasteiger charge is 2.24. The zero-order valence-electron chi connectivity index (χ0n) is 13.9. The van der Waals surface area contributed by atoms with Gasteiger partial charge in [-0.25, -0.2) is 9.97 Å². The summed E-state index contributed by atoms with van der Waals surface area (Å²) in [6.07, 6.45) is 3.98. The summed E-state index contributed by atoms with van der Waals surface area (Å²) in [5.74, 6) is -0.879. The van der Waals surface area contributed by atoms with Gasteiger partial charge in [0, 0.05) is 18.0 Å². The van der Waals surface area contributed by atoms with E-state index in [0.717, 1.165) is 6.33 Å². The number of nitrogens with zero attached hydrogens (tertiary/aromatic N) is 4. The molecule has 2 heterocycles. The standard InChI is InChI=1S/C16H11Cl2N7O3/c17-10-2-1-3-11(12(10)18)22-14-13(25(27)28)15(21-8-20-14)23-24-16(26)9-4-6-19-7-5-9/h1-8H,(H,24,26)(H2,20,21,22,23). The average Bonchev–Trinajstić information content (AvgIpc) is 2.70. The molecule has 0 fully saturated rings. The van der Waals surface area contributed by atoms with Crippen molar-refractivity contribution in [1.29, 1.82) is 0 Å². The van der Waals surface area contributed by atoms with E-state index in [2.05, 4.69) is 31.1 Å². The molecule has 0 aliphatic heterocycles. The summed E-state index contributed by atoms with van der Waals surface area (Å²) in [6, 6.07) is 7.75. The Morgan fingerprint density at radius 1 is 1.07 bits per heavy atom. The van der Waals surface area contributed by atoms with Crippen LogP contribution in [0, 0.1) is 10.1 Å². The summed E-state index contributed by atoms with van der Waals surface area (Å²) in [4.78, 5) is 34.5. The molecule has 0 unspecified atom stereocenters. The van der Waals surface area contributed by atoms with E-state index in [1.165, 1.54) is 24.5 Å². The van der Waals surface area contributed by atoms with Crippen LogP contribution in [0.1, 0.15) is 10.4 Å². The Hall–Kier alpha value is -3.50. The maximum Gasteiger partial charge on any atom is 0.355 e. The van der Waals surface area contributed by atoms with E-state index in [4.69, 9.17) is 23.2 Å². The Kier molecular flexibility index (Phi) is 5.82. The Balaban J connectivity index is 1.86. The topological polar surface area (TPSA) is 135 Å². The Morgan fingerprint density at radius 2 is 1.79 bits per heavy atom. The lowest BCUT2D eigenvalue weighted by molar-refractivity contribution is -0.383. The largest absolute Gasteiger partial charge is 0.355 e. The monoisotopic (exact) mass is 419 g/mol. The number of nitrogens with one attached hydrogen (secondary N) is 3. The van der Waals surface area contributed by atoms with E-state index < -0.39 is 16.5 Å². The second-order valence-corrected chi connectivity index (χ2v) is 6.00. The van der Waals surface area contributed by atoms with Gasteiger partial charge in [-0.15, -0.1) is 0 Å². The molecule has 0 radical (unpaired) electrons. The number of carbonyl (C=O) groups excluding carboxylic acids is 1. The fourth-order valence-corrected chi connectivity index (χ4v) is 2.50. The number of rotatable bonds is 6. The van der Waals surface area contributed by atoms with Crippen LogP contribution < -0.4 is 16.2 Å². The van der Waals surface area contributed by atoms with Crippen molar-refractivity contribution in [2.45, 2.75) is 0 Å². The number of aromatic nitrogens is 3. The van der Waals surface area contributed by atoms with Crippen LogP contribution in [0.25, 0.3) is 0 Å². The van der Waals surface area contributed by atoms with E-state index in [-0.39, 0.29) is 21.7 Å². The SMILES string of the molecule is O=C(NNc1ncnc(Nc2cccc(Cl)c2Cl)c1[N+](=O)[O-])c1ccncc1. The predicted octanol–water partition coefficient (Wildman–Crippen LogP) is 3.59. The van der Waals surface area contributed by atoms with Crippen LogP contribution in [-0.4, -0.2) is 25.8 Å². The third-order valence-electron chi connectivity index (χ3n) is 3.45. The molecule has 10 nitrogen and oxygen atoms in total. The lowest BCUT2D eigenvalue weighted by Crippen LogP contribution is -2.30. The molecule has 3 N–H and O–H groups in total. The number of pyridine rings is 1. The van der Waals surface area contributed by atoms with E-state index in [1.54, 1.807) is 18.2 Å². The average molecular weight is 420 g/mol. The molecule has 0 bridgehead atoms. The van der Waals surface area contributed by atoms with Gasteiger partial charge in [-0.2, -0.15) is 0 Å². The normalized spacial score (nSPS) is 10.2. The third-order valence-corrected chi connectivity index (χ3v) is 4.27. The van der Waals surface area contributed by atoms with Gasteiger partial charge in [0.25, 0.3) is 5.91 Å². The van der Waals surface area contributed by atoms with E-state index >= 15 is 0 Å². The van der Waals surface area contributed by atoms with Gasteiger partial charge in [0.1, 0.15) is 6.33 Å². The summed E-state index contributed by atoms with van der Waals surface area (Å²) < 4.78 is 0. The molecule has 0 saturated heterocycles. The molecule has 3 aromatic rings. The van der Waals surface area contributed by atoms with Crippen LogP contribution in [0.15, 0.2) is 49.1 Å². The van der Waals surface area contributed by atoms with Gasteiger partial charge >= 0.3 is 5.69 Å². The summed E-state index contributed by atoms with van der Waals surface area (Å²) in [7, 11) is 0. The molecule has 142 valence electrons. The highest BCUT2D eigenvalue weighted by molar-refractivity contribution is 6.43. The second kappa shape index (κ2) is 8.46. The minimum atomic E-state index is -0.693. The number of nitro groups is 1. The van der Waals surface area contributed by atoms with Crippen LogP contribution in [0.2, 0.25) is 10.0 Å². The molecule has 0 aliphatic carbocycles. The third kappa shape index (κ3) is 4.24. The van der Waals surface area contributed by atoms with E-state index in [0.29, 0.717) is 11.3 Å². The molecule has 3 rings (SSSR count). The summed E-state index contributed by atoms with van der Waals surface area (Å²) in [5, 5.41) is 14.8. The lowest BCUT2D eigenvalue weighted by Gasteiger charge is -2.12. The first-order chi connectivity index (χ1) is 13.5. The Morgan fingerprint density at radius 3 is 2.50 bits per heavy atom. The van der Waals surface area contributed by atoms with Crippen molar-refractivity contribution in [1.82, 2.24) is 20.4 Å². The van der Waals surface area contributed by atoms with Crippen molar-refractivity contribution in [3.8, 4) is 0 Å². The fourth-order valence-electron chi connectivity index (χ4n) is 2.15. The number of anilines is 3. The molecule has 0 saturated carbocycles. The van der Waals surface area contributed by atoms with Crippen molar-refractivity contribution in [2.75, 3.05) is 10.7 Å². The first kappa shape index (κ1) is 19.3. The number of hydrazine groups is 1. The van der Waals surface area contributed by atoms with Gasteiger partial charge < -0.3 is 5.32 Å². The minimum absolute atomic E-state index is 0.134. The quantitative estimate of drug-likeness (QED) is 0.407. The maximum atomic E-state index is 12.1. The van der Waals surface area contributed by atoms with Crippen molar-refractivity contribution < 1.29 is 9.72 Å². The lowest BCUT2D eigenvalue weighted by atomic mass is 10.2. The Bertz CT molecular complexity index is 1030. The molecule has 2 aromatic heterocycles. The van der Waals surface area contributed by atoms with Gasteiger partial charge in [0.05, 0.1) is 20.7 Å². The highest BCUT2D eigenvalue weighted by atomic mass is 35.5. The van der Waals surface area contributed by atoms with Crippen LogP contribution >= 0.6 is 23.2 Å². The Labute approximate surface area is 168 Å². The smallest absolute Gasteiger partial charge is 0.333 e. The first-order valence-electron chi connectivity index (χ1n) is 7.64. The zero-order valence-corrected chi connectivity index (χ0v) is 15.4. The predicted molar refractivity (Wildman–Crippen MR) is 104 cm³/mol. The zero-order chi connectivity index (χ0) is 20.1. The maximum absolute atomic E-state index is 12.1. The number of benzene rings is 1. The molecule has 28 heavy (non-hydrogen) atoms. The van der Waals surface area contributed by atoms with Gasteiger partial charge in [-0.1, -0.05) is 29.3 Å². The molecule has 0 aliphatic rings. The van der Waals surface area contributed by atoms with Crippen LogP contribution in [0.4, 0.5) is 23.0 Å². The van der Waals surface area contributed by atoms with Crippen molar-refractivity contribution in [3.63, 3.8) is 0 Å². The molecule has 1 aromatic carbocycles. The van der Waals surface area contributed by atoms with Gasteiger partial charge in [0.15, 0.2) is 0 Å². The van der Waals surface area contributed by atoms with Crippen molar-refractivity contribution in [2.24, 2.45) is 0 Å². The molecular formula is C16H11Cl2N7O3. The minimum Gasteiger partial charge on any atom is -0.333 e. The number of halogens is 2. The number of carbonyl (C=O) groups is 1. The second-order valence-electron chi connectivity index (χ2n) is 5.22. The van der Waals surface area contributed by atoms with Crippen LogP contribution in [0.5, 0.6) is 0 Å². The van der Waals surface area contributed by atoms with E-state index in [9.17, 15) is 14.9 Å². The van der Waals surface area contributed by atoms with Crippen molar-refractivity contribution in [3.05, 3.63) is 74.8 Å². The van der Waals surface area contributed by atoms with Gasteiger partial charge in [-0.3, -0.25) is 30.7 Å². The molecular weight excluding hydrogens is 409 g/mol. The van der Waals surface area contributed by atoms with Gasteiger partial charge in [-0.05, 0) is 24.3 Å². The summed E-state index contributed by atoms with van der Waals surface area (Å²) >= 11 is 12.1. The summed E-state index contributed by atoms with van der Waals surface area (Å²) in [6.45, 7) is 0. The highest BCUT2D eigenvalue weighted by Crippen LogP contribution is 2.35. The number of hydrogen-bond donors (Lipinski definition) is 3. The number of amides is 1. The van der Waals surface area contributed by atoms with Crippen LogP contribution in [-0.2, 0) is 0 Å². The first-order valence-corrected chi connectivity index (χ1v) is 8.39. The number of hydrogen-bond acceptors (Lipinski definition) is 8. The summed E-state index contributed by atoms with van der Waals surface area (Å²) in [5.41, 5.74) is 4.91. The molecule has 0 spiro atoms. The molecule has 12 heteroatoms. The van der Waals surface area contributed by atoms with E-state index in [1.807, 2.05) is 0 Å². The van der Waals surface area contributed by atoms with Crippen LogP contribution in [0.3, 0.4) is 0 Å². The van der Waals surface area contributed by atoms with Gasteiger partial charge in [0.2, 0.25) is 11.6 Å². The molecule has 0 atom stereocenters.